The van der Waals surface area contributed by atoms with Gasteiger partial charge in [-0.3, -0.25) is 4.98 Å². The predicted molar refractivity (Wildman–Crippen MR) is 79.7 cm³/mol. The van der Waals surface area contributed by atoms with E-state index in [4.69, 9.17) is 4.74 Å². The summed E-state index contributed by atoms with van der Waals surface area (Å²) in [6, 6.07) is 13.6. The summed E-state index contributed by atoms with van der Waals surface area (Å²) >= 11 is 0. The van der Waals surface area contributed by atoms with Gasteiger partial charge in [-0.05, 0) is 56.5 Å². The van der Waals surface area contributed by atoms with E-state index >= 15 is 0 Å². The van der Waals surface area contributed by atoms with Gasteiger partial charge in [-0.2, -0.15) is 0 Å². The van der Waals surface area contributed by atoms with Crippen molar-refractivity contribution in [3.05, 3.63) is 59.9 Å². The summed E-state index contributed by atoms with van der Waals surface area (Å²) in [7, 11) is 0. The molecule has 20 heavy (non-hydrogen) atoms. The van der Waals surface area contributed by atoms with Crippen molar-refractivity contribution in [3.8, 4) is 5.75 Å². The van der Waals surface area contributed by atoms with Crippen molar-refractivity contribution in [2.75, 3.05) is 0 Å². The zero-order chi connectivity index (χ0) is 14.4. The van der Waals surface area contributed by atoms with Crippen LogP contribution in [-0.4, -0.2) is 16.2 Å². The number of pyridine rings is 1. The lowest BCUT2D eigenvalue weighted by atomic mass is 10.0. The van der Waals surface area contributed by atoms with Crippen LogP contribution in [0.5, 0.6) is 5.75 Å². The molecule has 0 amide bonds. The van der Waals surface area contributed by atoms with Crippen molar-refractivity contribution in [1.29, 1.82) is 0 Å². The standard InChI is InChI=1S/C17H21NO2/c1-13(2)20-15-7-5-6-14(12-15)9-10-17(19)16-8-3-4-11-18-16/h3-8,11-13,17,19H,9-10H2,1-2H3. The van der Waals surface area contributed by atoms with E-state index < -0.39 is 6.10 Å². The Balaban J connectivity index is 1.94. The summed E-state index contributed by atoms with van der Waals surface area (Å²) in [6.07, 6.45) is 2.81. The number of hydrogen-bond acceptors (Lipinski definition) is 3. The predicted octanol–water partition coefficient (Wildman–Crippen LogP) is 3.54. The van der Waals surface area contributed by atoms with Gasteiger partial charge in [0.15, 0.2) is 0 Å². The molecule has 0 saturated carbocycles. The SMILES string of the molecule is CC(C)Oc1cccc(CCC(O)c2ccccn2)c1. The Labute approximate surface area is 120 Å². The van der Waals surface area contributed by atoms with Crippen LogP contribution >= 0.6 is 0 Å². The van der Waals surface area contributed by atoms with Crippen molar-refractivity contribution in [2.45, 2.75) is 38.9 Å². The van der Waals surface area contributed by atoms with E-state index in [0.717, 1.165) is 23.4 Å². The van der Waals surface area contributed by atoms with Crippen LogP contribution in [0.3, 0.4) is 0 Å². The molecular weight excluding hydrogens is 250 g/mol. The van der Waals surface area contributed by atoms with Crippen LogP contribution in [0.15, 0.2) is 48.7 Å². The summed E-state index contributed by atoms with van der Waals surface area (Å²) in [5.41, 5.74) is 1.89. The second-order valence-corrected chi connectivity index (χ2v) is 5.12. The molecule has 2 rings (SSSR count). The lowest BCUT2D eigenvalue weighted by Gasteiger charge is -2.12. The van der Waals surface area contributed by atoms with Crippen molar-refractivity contribution in [3.63, 3.8) is 0 Å². The first-order valence-electron chi connectivity index (χ1n) is 7.00. The molecule has 1 N–H and O–H groups in total. The normalized spacial score (nSPS) is 12.4. The second-order valence-electron chi connectivity index (χ2n) is 5.12. The van der Waals surface area contributed by atoms with Gasteiger partial charge in [-0.15, -0.1) is 0 Å². The van der Waals surface area contributed by atoms with Crippen molar-refractivity contribution in [1.82, 2.24) is 4.98 Å². The first-order chi connectivity index (χ1) is 9.65. The Kier molecular flexibility index (Phi) is 5.13. The molecule has 1 aromatic heterocycles. The topological polar surface area (TPSA) is 42.4 Å². The highest BCUT2D eigenvalue weighted by atomic mass is 16.5. The summed E-state index contributed by atoms with van der Waals surface area (Å²) in [4.78, 5) is 4.17. The van der Waals surface area contributed by atoms with Gasteiger partial charge in [-0.1, -0.05) is 18.2 Å². The van der Waals surface area contributed by atoms with Crippen molar-refractivity contribution < 1.29 is 9.84 Å². The van der Waals surface area contributed by atoms with Crippen molar-refractivity contribution >= 4 is 0 Å². The summed E-state index contributed by atoms with van der Waals surface area (Å²) < 4.78 is 5.67. The minimum absolute atomic E-state index is 0.171. The number of aliphatic hydroxyl groups excluding tert-OH is 1. The van der Waals surface area contributed by atoms with Gasteiger partial charge in [0.1, 0.15) is 5.75 Å². The van der Waals surface area contributed by atoms with Gasteiger partial charge in [0.2, 0.25) is 0 Å². The molecule has 2 aromatic rings. The monoisotopic (exact) mass is 271 g/mol. The number of rotatable bonds is 6. The summed E-state index contributed by atoms with van der Waals surface area (Å²) in [5.74, 6) is 0.879. The number of aromatic nitrogens is 1. The maximum atomic E-state index is 10.1. The van der Waals surface area contributed by atoms with Gasteiger partial charge in [0.25, 0.3) is 0 Å². The van der Waals surface area contributed by atoms with Gasteiger partial charge in [-0.25, -0.2) is 0 Å². The molecular formula is C17H21NO2. The van der Waals surface area contributed by atoms with Crippen LogP contribution in [-0.2, 0) is 6.42 Å². The van der Waals surface area contributed by atoms with E-state index in [9.17, 15) is 5.11 Å². The van der Waals surface area contributed by atoms with E-state index in [2.05, 4.69) is 11.1 Å². The highest BCUT2D eigenvalue weighted by molar-refractivity contribution is 5.29. The third kappa shape index (κ3) is 4.35. The van der Waals surface area contributed by atoms with Crippen molar-refractivity contribution in [2.24, 2.45) is 0 Å². The van der Waals surface area contributed by atoms with Crippen LogP contribution in [0.2, 0.25) is 0 Å². The lowest BCUT2D eigenvalue weighted by molar-refractivity contribution is 0.163. The molecule has 3 heteroatoms. The molecule has 0 bridgehead atoms. The van der Waals surface area contributed by atoms with E-state index in [0.29, 0.717) is 6.42 Å². The molecule has 0 aliphatic heterocycles. The molecule has 0 fully saturated rings. The zero-order valence-electron chi connectivity index (χ0n) is 12.0. The average Bonchev–Trinajstić information content (AvgIpc) is 2.45. The lowest BCUT2D eigenvalue weighted by Crippen LogP contribution is -2.06. The molecule has 0 spiro atoms. The van der Waals surface area contributed by atoms with E-state index in [1.807, 2.05) is 50.2 Å². The molecule has 106 valence electrons. The van der Waals surface area contributed by atoms with E-state index in [1.54, 1.807) is 6.20 Å². The fourth-order valence-electron chi connectivity index (χ4n) is 2.07. The highest BCUT2D eigenvalue weighted by Crippen LogP contribution is 2.20. The molecule has 0 aliphatic rings. The van der Waals surface area contributed by atoms with Crippen LogP contribution < -0.4 is 4.74 Å². The van der Waals surface area contributed by atoms with Crippen LogP contribution in [0.4, 0.5) is 0 Å². The molecule has 1 aromatic carbocycles. The fraction of sp³-hybridized carbons (Fsp3) is 0.353. The first-order valence-corrected chi connectivity index (χ1v) is 7.00. The molecule has 1 atom stereocenters. The minimum Gasteiger partial charge on any atom is -0.491 e. The maximum Gasteiger partial charge on any atom is 0.119 e. The number of benzene rings is 1. The quantitative estimate of drug-likeness (QED) is 0.874. The highest BCUT2D eigenvalue weighted by Gasteiger charge is 2.09. The van der Waals surface area contributed by atoms with E-state index in [-0.39, 0.29) is 6.10 Å². The molecule has 1 heterocycles. The Bertz CT molecular complexity index is 526. The number of ether oxygens (including phenoxy) is 1. The zero-order valence-corrected chi connectivity index (χ0v) is 12.0. The van der Waals surface area contributed by atoms with Gasteiger partial charge in [0, 0.05) is 6.20 Å². The first kappa shape index (κ1) is 14.5. The number of aliphatic hydroxyl groups is 1. The third-order valence-corrected chi connectivity index (χ3v) is 3.01. The fourth-order valence-corrected chi connectivity index (χ4v) is 2.07. The second kappa shape index (κ2) is 7.06. The summed E-state index contributed by atoms with van der Waals surface area (Å²) in [5, 5.41) is 10.1. The van der Waals surface area contributed by atoms with E-state index in [1.165, 1.54) is 0 Å². The van der Waals surface area contributed by atoms with Crippen LogP contribution in [0.25, 0.3) is 0 Å². The minimum atomic E-state index is -0.522. The van der Waals surface area contributed by atoms with Gasteiger partial charge in [0.05, 0.1) is 17.9 Å². The Morgan fingerprint density at radius 2 is 2.00 bits per heavy atom. The van der Waals surface area contributed by atoms with Gasteiger partial charge >= 0.3 is 0 Å². The van der Waals surface area contributed by atoms with Gasteiger partial charge < -0.3 is 9.84 Å². The third-order valence-electron chi connectivity index (χ3n) is 3.01. The number of nitrogens with zero attached hydrogens (tertiary/aromatic N) is 1. The molecule has 0 radical (unpaired) electrons. The molecule has 0 aliphatic carbocycles. The largest absolute Gasteiger partial charge is 0.491 e. The average molecular weight is 271 g/mol. The smallest absolute Gasteiger partial charge is 0.119 e. The molecule has 3 nitrogen and oxygen atoms in total. The Morgan fingerprint density at radius 1 is 1.15 bits per heavy atom. The molecule has 0 saturated heterocycles. The number of hydrogen-bond donors (Lipinski definition) is 1. The maximum absolute atomic E-state index is 10.1. The van der Waals surface area contributed by atoms with Crippen LogP contribution in [0, 0.1) is 0 Å². The Morgan fingerprint density at radius 3 is 2.70 bits per heavy atom. The summed E-state index contributed by atoms with van der Waals surface area (Å²) in [6.45, 7) is 4.02. The number of aryl methyl sites for hydroxylation is 1. The Hall–Kier alpha value is -1.87. The van der Waals surface area contributed by atoms with Crippen LogP contribution in [0.1, 0.15) is 37.6 Å². The molecule has 1 unspecified atom stereocenters.